The fourth-order valence-electron chi connectivity index (χ4n) is 2.84. The van der Waals surface area contributed by atoms with Gasteiger partial charge in [0.2, 0.25) is 0 Å². The van der Waals surface area contributed by atoms with Crippen molar-refractivity contribution in [1.29, 1.82) is 0 Å². The van der Waals surface area contributed by atoms with Crippen molar-refractivity contribution in [1.82, 2.24) is 15.3 Å². The molecule has 0 saturated heterocycles. The molecule has 0 spiro atoms. The molecule has 1 N–H and O–H groups in total. The topological polar surface area (TPSA) is 47.0 Å². The molecule has 0 aromatic carbocycles. The second-order valence-corrected chi connectivity index (χ2v) is 5.78. The Bertz CT molecular complexity index is 419. The molecule has 1 fully saturated rings. The second-order valence-electron chi connectivity index (χ2n) is 5.78. The van der Waals surface area contributed by atoms with Crippen molar-refractivity contribution >= 4 is 0 Å². The van der Waals surface area contributed by atoms with Crippen LogP contribution in [0.25, 0.3) is 0 Å². The highest BCUT2D eigenvalue weighted by atomic mass is 16.5. The first kappa shape index (κ1) is 16.4. The summed E-state index contributed by atoms with van der Waals surface area (Å²) in [4.78, 5) is 9.75. The van der Waals surface area contributed by atoms with E-state index >= 15 is 0 Å². The zero-order chi connectivity index (χ0) is 15.1. The predicted molar refractivity (Wildman–Crippen MR) is 85.8 cm³/mol. The Kier molecular flexibility index (Phi) is 6.58. The molecular weight excluding hydrogens is 262 g/mol. The van der Waals surface area contributed by atoms with Crippen molar-refractivity contribution in [3.8, 4) is 0 Å². The maximum absolute atomic E-state index is 5.06. The van der Waals surface area contributed by atoms with E-state index in [0.29, 0.717) is 5.92 Å². The maximum Gasteiger partial charge on any atom is 0.131 e. The Labute approximate surface area is 128 Å². The molecular formula is C17H29N3O. The molecule has 0 bridgehead atoms. The first-order chi connectivity index (χ1) is 10.3. The van der Waals surface area contributed by atoms with Gasteiger partial charge in [0, 0.05) is 31.0 Å². The third-order valence-corrected chi connectivity index (χ3v) is 4.37. The monoisotopic (exact) mass is 291 g/mol. The van der Waals surface area contributed by atoms with Crippen molar-refractivity contribution in [2.45, 2.75) is 58.3 Å². The molecule has 1 aromatic rings. The van der Waals surface area contributed by atoms with Crippen LogP contribution in [-0.4, -0.2) is 36.8 Å². The van der Waals surface area contributed by atoms with Crippen molar-refractivity contribution in [3.05, 3.63) is 22.8 Å². The minimum atomic E-state index is 0.620. The zero-order valence-electron chi connectivity index (χ0n) is 13.7. The SMILES string of the molecule is CCc1nc(C2CCC2)nc(CC)c1CCNCCOC. The number of aromatic nitrogens is 2. The molecule has 1 aliphatic rings. The average Bonchev–Trinajstić information content (AvgIpc) is 2.45. The maximum atomic E-state index is 5.06. The van der Waals surface area contributed by atoms with Gasteiger partial charge in [-0.2, -0.15) is 0 Å². The molecule has 0 amide bonds. The van der Waals surface area contributed by atoms with Gasteiger partial charge in [-0.05, 0) is 44.2 Å². The van der Waals surface area contributed by atoms with Gasteiger partial charge in [0.15, 0.2) is 0 Å². The molecule has 0 radical (unpaired) electrons. The third kappa shape index (κ3) is 4.24. The van der Waals surface area contributed by atoms with Gasteiger partial charge < -0.3 is 10.1 Å². The lowest BCUT2D eigenvalue weighted by Gasteiger charge is -2.25. The van der Waals surface area contributed by atoms with Gasteiger partial charge in [-0.25, -0.2) is 9.97 Å². The fraction of sp³-hybridized carbons (Fsp3) is 0.765. The third-order valence-electron chi connectivity index (χ3n) is 4.37. The number of hydrogen-bond donors (Lipinski definition) is 1. The molecule has 0 atom stereocenters. The summed E-state index contributed by atoms with van der Waals surface area (Å²) in [5.74, 6) is 1.72. The van der Waals surface area contributed by atoms with Gasteiger partial charge in [0.05, 0.1) is 6.61 Å². The minimum absolute atomic E-state index is 0.620. The van der Waals surface area contributed by atoms with Crippen molar-refractivity contribution in [2.24, 2.45) is 0 Å². The number of methoxy groups -OCH3 is 1. The number of nitrogens with zero attached hydrogens (tertiary/aromatic N) is 2. The molecule has 1 saturated carbocycles. The highest BCUT2D eigenvalue weighted by Gasteiger charge is 2.24. The van der Waals surface area contributed by atoms with E-state index in [4.69, 9.17) is 14.7 Å². The van der Waals surface area contributed by atoms with E-state index < -0.39 is 0 Å². The van der Waals surface area contributed by atoms with Crippen LogP contribution in [0.1, 0.15) is 61.8 Å². The van der Waals surface area contributed by atoms with E-state index in [1.165, 1.54) is 36.2 Å². The summed E-state index contributed by atoms with van der Waals surface area (Å²) >= 11 is 0. The van der Waals surface area contributed by atoms with Crippen LogP contribution in [0.2, 0.25) is 0 Å². The largest absolute Gasteiger partial charge is 0.383 e. The predicted octanol–water partition coefficient (Wildman–Crippen LogP) is 2.65. The van der Waals surface area contributed by atoms with Crippen LogP contribution in [0, 0.1) is 0 Å². The summed E-state index contributed by atoms with van der Waals surface area (Å²) in [7, 11) is 1.74. The highest BCUT2D eigenvalue weighted by Crippen LogP contribution is 2.35. The number of nitrogens with one attached hydrogen (secondary N) is 1. The smallest absolute Gasteiger partial charge is 0.131 e. The molecule has 0 aliphatic heterocycles. The van der Waals surface area contributed by atoms with Gasteiger partial charge in [-0.3, -0.25) is 0 Å². The molecule has 2 rings (SSSR count). The normalized spacial score (nSPS) is 15.2. The molecule has 21 heavy (non-hydrogen) atoms. The van der Waals surface area contributed by atoms with Crippen LogP contribution in [0.15, 0.2) is 0 Å². The summed E-state index contributed by atoms with van der Waals surface area (Å²) in [5, 5.41) is 3.42. The number of aryl methyl sites for hydroxylation is 2. The van der Waals surface area contributed by atoms with Gasteiger partial charge in [0.1, 0.15) is 5.82 Å². The molecule has 1 aromatic heterocycles. The Balaban J connectivity index is 2.06. The fourth-order valence-corrected chi connectivity index (χ4v) is 2.84. The lowest BCUT2D eigenvalue weighted by atomic mass is 9.84. The van der Waals surface area contributed by atoms with Gasteiger partial charge in [0.25, 0.3) is 0 Å². The minimum Gasteiger partial charge on any atom is -0.383 e. The Morgan fingerprint density at radius 3 is 2.24 bits per heavy atom. The first-order valence-corrected chi connectivity index (χ1v) is 8.38. The number of hydrogen-bond acceptors (Lipinski definition) is 4. The van der Waals surface area contributed by atoms with E-state index in [-0.39, 0.29) is 0 Å². The van der Waals surface area contributed by atoms with Gasteiger partial charge >= 0.3 is 0 Å². The Morgan fingerprint density at radius 1 is 1.10 bits per heavy atom. The van der Waals surface area contributed by atoms with Crippen LogP contribution in [0.4, 0.5) is 0 Å². The van der Waals surface area contributed by atoms with Crippen molar-refractivity contribution in [3.63, 3.8) is 0 Å². The lowest BCUT2D eigenvalue weighted by molar-refractivity contribution is 0.199. The lowest BCUT2D eigenvalue weighted by Crippen LogP contribution is -2.23. The second kappa shape index (κ2) is 8.44. The molecule has 118 valence electrons. The summed E-state index contributed by atoms with van der Waals surface area (Å²) in [6.07, 6.45) is 6.89. The summed E-state index contributed by atoms with van der Waals surface area (Å²) < 4.78 is 5.06. The van der Waals surface area contributed by atoms with Crippen LogP contribution in [-0.2, 0) is 24.0 Å². The summed E-state index contributed by atoms with van der Waals surface area (Å²) in [6.45, 7) is 7.04. The van der Waals surface area contributed by atoms with Crippen LogP contribution >= 0.6 is 0 Å². The standard InChI is InChI=1S/C17H29N3O/c1-4-15-14(9-10-18-11-12-21-3)16(5-2)20-17(19-15)13-7-6-8-13/h13,18H,4-12H2,1-3H3. The summed E-state index contributed by atoms with van der Waals surface area (Å²) in [6, 6.07) is 0. The van der Waals surface area contributed by atoms with E-state index in [9.17, 15) is 0 Å². The average molecular weight is 291 g/mol. The van der Waals surface area contributed by atoms with Gasteiger partial charge in [-0.1, -0.05) is 20.3 Å². The molecule has 0 unspecified atom stereocenters. The quantitative estimate of drug-likeness (QED) is 0.711. The highest BCUT2D eigenvalue weighted by molar-refractivity contribution is 5.28. The van der Waals surface area contributed by atoms with E-state index in [2.05, 4.69) is 19.2 Å². The van der Waals surface area contributed by atoms with Crippen molar-refractivity contribution in [2.75, 3.05) is 26.8 Å². The van der Waals surface area contributed by atoms with E-state index in [1.54, 1.807) is 7.11 Å². The van der Waals surface area contributed by atoms with Crippen LogP contribution in [0.3, 0.4) is 0 Å². The molecule has 1 heterocycles. The van der Waals surface area contributed by atoms with Gasteiger partial charge in [-0.15, -0.1) is 0 Å². The van der Waals surface area contributed by atoms with Crippen molar-refractivity contribution < 1.29 is 4.74 Å². The van der Waals surface area contributed by atoms with E-state index in [0.717, 1.165) is 44.8 Å². The molecule has 4 nitrogen and oxygen atoms in total. The molecule has 1 aliphatic carbocycles. The Hall–Kier alpha value is -1.00. The number of ether oxygens (including phenoxy) is 1. The first-order valence-electron chi connectivity index (χ1n) is 8.38. The van der Waals surface area contributed by atoms with E-state index in [1.807, 2.05) is 0 Å². The Morgan fingerprint density at radius 2 is 1.76 bits per heavy atom. The summed E-state index contributed by atoms with van der Waals surface area (Å²) in [5.41, 5.74) is 3.89. The van der Waals surface area contributed by atoms with Crippen LogP contribution < -0.4 is 5.32 Å². The van der Waals surface area contributed by atoms with Crippen LogP contribution in [0.5, 0.6) is 0 Å². The number of rotatable bonds is 9. The zero-order valence-corrected chi connectivity index (χ0v) is 13.7. The molecule has 4 heteroatoms.